The van der Waals surface area contributed by atoms with Crippen molar-refractivity contribution in [1.29, 1.82) is 0 Å². The summed E-state index contributed by atoms with van der Waals surface area (Å²) in [6, 6.07) is 5.91. The molecule has 0 aliphatic carbocycles. The fourth-order valence-electron chi connectivity index (χ4n) is 1.87. The van der Waals surface area contributed by atoms with Gasteiger partial charge in [0.25, 0.3) is 0 Å². The van der Waals surface area contributed by atoms with Crippen LogP contribution in [-0.4, -0.2) is 18.2 Å². The first-order valence-corrected chi connectivity index (χ1v) is 4.77. The first kappa shape index (κ1) is 8.57. The molecule has 1 aromatic carbocycles. The average Bonchev–Trinajstić information content (AvgIpc) is 2.62. The Morgan fingerprint density at radius 3 is 2.92 bits per heavy atom. The highest BCUT2D eigenvalue weighted by molar-refractivity contribution is 5.36. The molecule has 13 heavy (non-hydrogen) atoms. The van der Waals surface area contributed by atoms with E-state index in [0.717, 1.165) is 18.7 Å². The van der Waals surface area contributed by atoms with Gasteiger partial charge in [-0.1, -0.05) is 12.1 Å². The van der Waals surface area contributed by atoms with Crippen LogP contribution in [0.15, 0.2) is 18.2 Å². The van der Waals surface area contributed by atoms with Gasteiger partial charge in [-0.3, -0.25) is 0 Å². The lowest BCUT2D eigenvalue weighted by Gasteiger charge is -2.09. The van der Waals surface area contributed by atoms with Gasteiger partial charge >= 0.3 is 0 Å². The van der Waals surface area contributed by atoms with E-state index in [1.54, 1.807) is 6.07 Å². The lowest BCUT2D eigenvalue weighted by atomic mass is 9.97. The second-order valence-electron chi connectivity index (χ2n) is 3.74. The van der Waals surface area contributed by atoms with Crippen molar-refractivity contribution in [2.45, 2.75) is 19.3 Å². The molecule has 1 fully saturated rings. The van der Waals surface area contributed by atoms with Crippen molar-refractivity contribution < 1.29 is 5.11 Å². The summed E-state index contributed by atoms with van der Waals surface area (Å²) in [5.41, 5.74) is 2.32. The third-order valence-corrected chi connectivity index (χ3v) is 2.75. The Balaban J connectivity index is 2.25. The summed E-state index contributed by atoms with van der Waals surface area (Å²) in [5, 5.41) is 12.7. The fourth-order valence-corrected chi connectivity index (χ4v) is 1.87. The van der Waals surface area contributed by atoms with Crippen molar-refractivity contribution in [3.05, 3.63) is 29.3 Å². The van der Waals surface area contributed by atoms with E-state index in [-0.39, 0.29) is 0 Å². The molecule has 2 N–H and O–H groups in total. The van der Waals surface area contributed by atoms with Gasteiger partial charge in [0.1, 0.15) is 5.75 Å². The largest absolute Gasteiger partial charge is 0.508 e. The molecule has 1 aliphatic heterocycles. The van der Waals surface area contributed by atoms with Crippen LogP contribution in [-0.2, 0) is 0 Å². The molecule has 2 rings (SSSR count). The molecule has 1 atom stereocenters. The minimum Gasteiger partial charge on any atom is -0.508 e. The molecular weight excluding hydrogens is 162 g/mol. The molecule has 1 aliphatic rings. The predicted octanol–water partition coefficient (Wildman–Crippen LogP) is 1.78. The number of hydrogen-bond acceptors (Lipinski definition) is 2. The number of nitrogens with one attached hydrogen (secondary N) is 1. The van der Waals surface area contributed by atoms with Gasteiger partial charge in [0.15, 0.2) is 0 Å². The summed E-state index contributed by atoms with van der Waals surface area (Å²) in [7, 11) is 0. The van der Waals surface area contributed by atoms with Crippen molar-refractivity contribution in [3.8, 4) is 5.75 Å². The second-order valence-corrected chi connectivity index (χ2v) is 3.74. The molecule has 0 radical (unpaired) electrons. The minimum atomic E-state index is 0.398. The minimum absolute atomic E-state index is 0.398. The van der Waals surface area contributed by atoms with E-state index < -0.39 is 0 Å². The van der Waals surface area contributed by atoms with Crippen molar-refractivity contribution in [2.75, 3.05) is 13.1 Å². The maximum Gasteiger partial charge on any atom is 0.118 e. The van der Waals surface area contributed by atoms with Gasteiger partial charge in [-0.05, 0) is 43.0 Å². The molecule has 0 aromatic heterocycles. The summed E-state index contributed by atoms with van der Waals surface area (Å²) in [6.07, 6.45) is 1.21. The molecule has 2 heteroatoms. The van der Waals surface area contributed by atoms with Crippen LogP contribution in [0.1, 0.15) is 23.5 Å². The van der Waals surface area contributed by atoms with Gasteiger partial charge in [-0.25, -0.2) is 0 Å². The molecular formula is C11H15NO. The van der Waals surface area contributed by atoms with E-state index >= 15 is 0 Å². The Hall–Kier alpha value is -1.02. The number of phenols is 1. The standard InChI is InChI=1S/C11H15NO/c1-8-6-9(2-3-11(8)13)10-4-5-12-7-10/h2-3,6,10,12-13H,4-5,7H2,1H3. The van der Waals surface area contributed by atoms with Gasteiger partial charge in [0.2, 0.25) is 0 Å². The SMILES string of the molecule is Cc1cc(C2CCNC2)ccc1O. The molecule has 1 heterocycles. The number of phenolic OH excluding ortho intramolecular Hbond substituents is 1. The highest BCUT2D eigenvalue weighted by atomic mass is 16.3. The number of aromatic hydroxyl groups is 1. The molecule has 1 aromatic rings. The van der Waals surface area contributed by atoms with Gasteiger partial charge in [-0.15, -0.1) is 0 Å². The fraction of sp³-hybridized carbons (Fsp3) is 0.455. The van der Waals surface area contributed by atoms with Crippen LogP contribution >= 0.6 is 0 Å². The number of rotatable bonds is 1. The molecule has 1 unspecified atom stereocenters. The van der Waals surface area contributed by atoms with Gasteiger partial charge in [0, 0.05) is 6.54 Å². The molecule has 2 nitrogen and oxygen atoms in total. The van der Waals surface area contributed by atoms with E-state index in [0.29, 0.717) is 11.7 Å². The topological polar surface area (TPSA) is 32.3 Å². The maximum atomic E-state index is 9.37. The maximum absolute atomic E-state index is 9.37. The van der Waals surface area contributed by atoms with Gasteiger partial charge in [0.05, 0.1) is 0 Å². The van der Waals surface area contributed by atoms with Crippen LogP contribution in [0.4, 0.5) is 0 Å². The molecule has 0 bridgehead atoms. The van der Waals surface area contributed by atoms with E-state index in [1.807, 2.05) is 13.0 Å². The first-order chi connectivity index (χ1) is 6.27. The Kier molecular flexibility index (Phi) is 2.23. The third-order valence-electron chi connectivity index (χ3n) is 2.75. The van der Waals surface area contributed by atoms with Gasteiger partial charge < -0.3 is 10.4 Å². The van der Waals surface area contributed by atoms with Crippen LogP contribution < -0.4 is 5.32 Å². The van der Waals surface area contributed by atoms with E-state index in [4.69, 9.17) is 0 Å². The average molecular weight is 177 g/mol. The lowest BCUT2D eigenvalue weighted by molar-refractivity contribution is 0.470. The molecule has 0 spiro atoms. The highest BCUT2D eigenvalue weighted by Gasteiger charge is 2.16. The molecule has 0 amide bonds. The summed E-state index contributed by atoms with van der Waals surface area (Å²) < 4.78 is 0. The van der Waals surface area contributed by atoms with Crippen molar-refractivity contribution in [2.24, 2.45) is 0 Å². The van der Waals surface area contributed by atoms with Crippen molar-refractivity contribution >= 4 is 0 Å². The lowest BCUT2D eigenvalue weighted by Crippen LogP contribution is -2.07. The zero-order chi connectivity index (χ0) is 9.26. The van der Waals surface area contributed by atoms with Crippen molar-refractivity contribution in [3.63, 3.8) is 0 Å². The second kappa shape index (κ2) is 3.38. The Bertz CT molecular complexity index is 303. The Labute approximate surface area is 78.6 Å². The quantitative estimate of drug-likeness (QED) is 0.685. The van der Waals surface area contributed by atoms with E-state index in [1.165, 1.54) is 12.0 Å². The summed E-state index contributed by atoms with van der Waals surface area (Å²) in [4.78, 5) is 0. The monoisotopic (exact) mass is 177 g/mol. The Morgan fingerprint density at radius 1 is 1.46 bits per heavy atom. The molecule has 70 valence electrons. The zero-order valence-electron chi connectivity index (χ0n) is 7.88. The normalized spacial score (nSPS) is 22.1. The first-order valence-electron chi connectivity index (χ1n) is 4.77. The predicted molar refractivity (Wildman–Crippen MR) is 53.1 cm³/mol. The zero-order valence-corrected chi connectivity index (χ0v) is 7.88. The van der Waals surface area contributed by atoms with Crippen LogP contribution in [0, 0.1) is 6.92 Å². The van der Waals surface area contributed by atoms with Crippen LogP contribution in [0.2, 0.25) is 0 Å². The third kappa shape index (κ3) is 1.68. The summed E-state index contributed by atoms with van der Waals surface area (Å²) >= 11 is 0. The number of aryl methyl sites for hydroxylation is 1. The molecule has 1 saturated heterocycles. The van der Waals surface area contributed by atoms with Crippen molar-refractivity contribution in [1.82, 2.24) is 5.32 Å². The number of benzene rings is 1. The molecule has 0 saturated carbocycles. The van der Waals surface area contributed by atoms with Crippen LogP contribution in [0.3, 0.4) is 0 Å². The Morgan fingerprint density at radius 2 is 2.31 bits per heavy atom. The summed E-state index contributed by atoms with van der Waals surface area (Å²) in [6.45, 7) is 4.13. The van der Waals surface area contributed by atoms with E-state index in [9.17, 15) is 5.11 Å². The van der Waals surface area contributed by atoms with Crippen LogP contribution in [0.5, 0.6) is 5.75 Å². The van der Waals surface area contributed by atoms with Gasteiger partial charge in [-0.2, -0.15) is 0 Å². The van der Waals surface area contributed by atoms with E-state index in [2.05, 4.69) is 11.4 Å². The number of hydrogen-bond donors (Lipinski definition) is 2. The smallest absolute Gasteiger partial charge is 0.118 e. The van der Waals surface area contributed by atoms with Crippen LogP contribution in [0.25, 0.3) is 0 Å². The highest BCUT2D eigenvalue weighted by Crippen LogP contribution is 2.26. The summed E-state index contributed by atoms with van der Waals surface area (Å²) in [5.74, 6) is 1.04.